The van der Waals surface area contributed by atoms with Gasteiger partial charge in [0.1, 0.15) is 5.82 Å². The van der Waals surface area contributed by atoms with E-state index in [4.69, 9.17) is 9.40 Å². The molecule has 0 aliphatic carbocycles. The summed E-state index contributed by atoms with van der Waals surface area (Å²) in [4.78, 5) is 13.5. The maximum Gasteiger partial charge on any atom is 0.191 e. The molecule has 0 saturated heterocycles. The molecule has 4 nitrogen and oxygen atoms in total. The lowest BCUT2D eigenvalue weighted by atomic mass is 10.1. The van der Waals surface area contributed by atoms with E-state index in [2.05, 4.69) is 64.6 Å². The van der Waals surface area contributed by atoms with Crippen LogP contribution in [0.4, 0.5) is 0 Å². The lowest BCUT2D eigenvalue weighted by Gasteiger charge is -2.07. The Morgan fingerprint density at radius 2 is 1.56 bits per heavy atom. The Morgan fingerprint density at radius 1 is 0.815 bits per heavy atom. The van der Waals surface area contributed by atoms with Crippen LogP contribution >= 0.6 is 0 Å². The predicted molar refractivity (Wildman–Crippen MR) is 105 cm³/mol. The highest BCUT2D eigenvalue weighted by Crippen LogP contribution is 2.21. The summed E-state index contributed by atoms with van der Waals surface area (Å²) in [6, 6.07) is 20.7. The highest BCUT2D eigenvalue weighted by atomic mass is 16.4. The fraction of sp³-hybridized carbons (Fsp3) is 0.174. The average Bonchev–Trinajstić information content (AvgIpc) is 3.09. The minimum Gasteiger partial charge on any atom is -0.441 e. The van der Waals surface area contributed by atoms with E-state index in [1.807, 2.05) is 19.9 Å². The van der Waals surface area contributed by atoms with Crippen LogP contribution in [0.15, 0.2) is 71.3 Å². The molecule has 0 aliphatic rings. The Balaban J connectivity index is 1.52. The Kier molecular flexibility index (Phi) is 4.79. The normalized spacial score (nSPS) is 10.9. The van der Waals surface area contributed by atoms with E-state index in [-0.39, 0.29) is 0 Å². The first-order valence-corrected chi connectivity index (χ1v) is 9.05. The molecule has 2 heterocycles. The molecule has 0 spiro atoms. The summed E-state index contributed by atoms with van der Waals surface area (Å²) < 4.78 is 5.58. The number of nitrogens with zero attached hydrogens (tertiary/aromatic N) is 3. The van der Waals surface area contributed by atoms with Gasteiger partial charge in [-0.05, 0) is 24.1 Å². The van der Waals surface area contributed by atoms with Crippen molar-refractivity contribution in [2.45, 2.75) is 26.7 Å². The summed E-state index contributed by atoms with van der Waals surface area (Å²) in [5, 5.41) is 0. The first kappa shape index (κ1) is 17.2. The zero-order valence-electron chi connectivity index (χ0n) is 15.5. The molecule has 0 saturated carbocycles. The van der Waals surface area contributed by atoms with E-state index in [0.717, 1.165) is 35.0 Å². The van der Waals surface area contributed by atoms with Gasteiger partial charge in [0.15, 0.2) is 11.7 Å². The van der Waals surface area contributed by atoms with E-state index < -0.39 is 0 Å². The molecule has 0 unspecified atom stereocenters. The van der Waals surface area contributed by atoms with Gasteiger partial charge in [-0.1, -0.05) is 54.6 Å². The van der Waals surface area contributed by atoms with E-state index in [0.29, 0.717) is 12.3 Å². The van der Waals surface area contributed by atoms with E-state index in [9.17, 15) is 0 Å². The van der Waals surface area contributed by atoms with Crippen LogP contribution in [0.2, 0.25) is 0 Å². The van der Waals surface area contributed by atoms with Crippen molar-refractivity contribution in [1.82, 2.24) is 15.0 Å². The Hall–Kier alpha value is -3.27. The zero-order chi connectivity index (χ0) is 18.6. The lowest BCUT2D eigenvalue weighted by molar-refractivity contribution is 0.534. The van der Waals surface area contributed by atoms with Crippen LogP contribution in [0.1, 0.15) is 34.2 Å². The summed E-state index contributed by atoms with van der Waals surface area (Å²) in [5.74, 6) is 2.31. The summed E-state index contributed by atoms with van der Waals surface area (Å²) in [6.07, 6.45) is 3.28. The van der Waals surface area contributed by atoms with Crippen LogP contribution in [0.25, 0.3) is 11.3 Å². The number of oxazole rings is 1. The summed E-state index contributed by atoms with van der Waals surface area (Å²) >= 11 is 0. The van der Waals surface area contributed by atoms with Gasteiger partial charge in [0, 0.05) is 36.7 Å². The molecule has 0 amide bonds. The summed E-state index contributed by atoms with van der Waals surface area (Å²) in [5.41, 5.74) is 5.51. The standard InChI is InChI=1S/C23H21N3O/c1-16-12-21(13-18-6-4-3-5-7-18)26-23(25-16)14-19-8-10-20(11-9-19)22-15-24-17(2)27-22/h3-12,15H,13-14H2,1-2H3. The first-order chi connectivity index (χ1) is 13.2. The molecule has 2 aromatic carbocycles. The number of aryl methyl sites for hydroxylation is 2. The SMILES string of the molecule is Cc1cc(Cc2ccccc2)nc(Cc2ccc(-c3cnc(C)o3)cc2)n1. The van der Waals surface area contributed by atoms with Crippen LogP contribution in [-0.2, 0) is 12.8 Å². The molecule has 2 aromatic heterocycles. The molecular formula is C23H21N3O. The highest BCUT2D eigenvalue weighted by molar-refractivity contribution is 5.56. The fourth-order valence-corrected chi connectivity index (χ4v) is 3.14. The van der Waals surface area contributed by atoms with Crippen molar-refractivity contribution in [3.63, 3.8) is 0 Å². The van der Waals surface area contributed by atoms with Crippen LogP contribution in [0.5, 0.6) is 0 Å². The second-order valence-electron chi connectivity index (χ2n) is 6.70. The van der Waals surface area contributed by atoms with Crippen molar-refractivity contribution in [3.8, 4) is 11.3 Å². The molecule has 0 atom stereocenters. The third kappa shape index (κ3) is 4.29. The maximum atomic E-state index is 5.58. The van der Waals surface area contributed by atoms with E-state index in [1.165, 1.54) is 11.1 Å². The minimum absolute atomic E-state index is 0.674. The second kappa shape index (κ2) is 7.54. The molecule has 0 radical (unpaired) electrons. The fourth-order valence-electron chi connectivity index (χ4n) is 3.14. The quantitative estimate of drug-likeness (QED) is 0.509. The number of rotatable bonds is 5. The average molecular weight is 355 g/mol. The number of aromatic nitrogens is 3. The highest BCUT2D eigenvalue weighted by Gasteiger charge is 2.07. The molecule has 4 aromatic rings. The van der Waals surface area contributed by atoms with Gasteiger partial charge in [-0.3, -0.25) is 0 Å². The topological polar surface area (TPSA) is 51.8 Å². The van der Waals surface area contributed by atoms with Gasteiger partial charge in [-0.15, -0.1) is 0 Å². The van der Waals surface area contributed by atoms with Gasteiger partial charge in [0.25, 0.3) is 0 Å². The van der Waals surface area contributed by atoms with Crippen LogP contribution in [0, 0.1) is 13.8 Å². The largest absolute Gasteiger partial charge is 0.441 e. The predicted octanol–water partition coefficient (Wildman–Crippen LogP) is 4.93. The van der Waals surface area contributed by atoms with Crippen molar-refractivity contribution in [3.05, 3.63) is 101 Å². The van der Waals surface area contributed by atoms with Gasteiger partial charge in [-0.2, -0.15) is 0 Å². The third-order valence-corrected chi connectivity index (χ3v) is 4.40. The smallest absolute Gasteiger partial charge is 0.191 e. The van der Waals surface area contributed by atoms with Crippen LogP contribution in [-0.4, -0.2) is 15.0 Å². The Labute approximate surface area is 159 Å². The van der Waals surface area contributed by atoms with Crippen molar-refractivity contribution >= 4 is 0 Å². The number of hydrogen-bond donors (Lipinski definition) is 0. The van der Waals surface area contributed by atoms with Crippen molar-refractivity contribution in [1.29, 1.82) is 0 Å². The number of hydrogen-bond acceptors (Lipinski definition) is 4. The lowest BCUT2D eigenvalue weighted by Crippen LogP contribution is -2.03. The Morgan fingerprint density at radius 3 is 2.26 bits per heavy atom. The molecule has 0 fully saturated rings. The van der Waals surface area contributed by atoms with Gasteiger partial charge in [0.05, 0.1) is 6.20 Å². The van der Waals surface area contributed by atoms with Crippen molar-refractivity contribution in [2.24, 2.45) is 0 Å². The molecule has 4 rings (SSSR count). The van der Waals surface area contributed by atoms with E-state index >= 15 is 0 Å². The number of benzene rings is 2. The van der Waals surface area contributed by atoms with Gasteiger partial charge < -0.3 is 4.42 Å². The molecule has 4 heteroatoms. The zero-order valence-corrected chi connectivity index (χ0v) is 15.5. The molecule has 0 bridgehead atoms. The van der Waals surface area contributed by atoms with Crippen LogP contribution < -0.4 is 0 Å². The maximum absolute atomic E-state index is 5.58. The Bertz CT molecular complexity index is 1040. The molecule has 134 valence electrons. The minimum atomic E-state index is 0.674. The molecule has 0 aliphatic heterocycles. The second-order valence-corrected chi connectivity index (χ2v) is 6.70. The van der Waals surface area contributed by atoms with Gasteiger partial charge in [0.2, 0.25) is 0 Å². The third-order valence-electron chi connectivity index (χ3n) is 4.40. The molecule has 27 heavy (non-hydrogen) atoms. The van der Waals surface area contributed by atoms with Gasteiger partial charge >= 0.3 is 0 Å². The van der Waals surface area contributed by atoms with E-state index in [1.54, 1.807) is 6.20 Å². The molecular weight excluding hydrogens is 334 g/mol. The van der Waals surface area contributed by atoms with Gasteiger partial charge in [-0.25, -0.2) is 15.0 Å². The van der Waals surface area contributed by atoms with Crippen LogP contribution in [0.3, 0.4) is 0 Å². The van der Waals surface area contributed by atoms with Crippen molar-refractivity contribution < 1.29 is 4.42 Å². The monoisotopic (exact) mass is 355 g/mol. The summed E-state index contributed by atoms with van der Waals surface area (Å²) in [7, 11) is 0. The molecule has 0 N–H and O–H groups in total. The van der Waals surface area contributed by atoms with Crippen molar-refractivity contribution in [2.75, 3.05) is 0 Å². The summed E-state index contributed by atoms with van der Waals surface area (Å²) in [6.45, 7) is 3.87. The first-order valence-electron chi connectivity index (χ1n) is 9.05.